The van der Waals surface area contributed by atoms with Crippen molar-refractivity contribution in [1.82, 2.24) is 0 Å². The highest BCUT2D eigenvalue weighted by Gasteiger charge is 2.53. The van der Waals surface area contributed by atoms with Crippen LogP contribution in [-0.2, 0) is 8.85 Å². The summed E-state index contributed by atoms with van der Waals surface area (Å²) in [5.41, 5.74) is 0. The molecule has 0 aliphatic rings. The predicted molar refractivity (Wildman–Crippen MR) is 86.8 cm³/mol. The Morgan fingerprint density at radius 3 is 1.58 bits per heavy atom. The van der Waals surface area contributed by atoms with Gasteiger partial charge in [-0.2, -0.15) is 0 Å². The van der Waals surface area contributed by atoms with Gasteiger partial charge in [0.1, 0.15) is 0 Å². The molecule has 0 unspecified atom stereocenters. The van der Waals surface area contributed by atoms with Gasteiger partial charge in [-0.25, -0.2) is 0 Å². The molecule has 19 heavy (non-hydrogen) atoms. The Morgan fingerprint density at radius 1 is 0.895 bits per heavy atom. The van der Waals surface area contributed by atoms with Gasteiger partial charge in [0.25, 0.3) is 0 Å². The van der Waals surface area contributed by atoms with Gasteiger partial charge >= 0.3 is 8.56 Å². The zero-order valence-corrected chi connectivity index (χ0v) is 15.5. The highest BCUT2D eigenvalue weighted by Crippen LogP contribution is 2.49. The van der Waals surface area contributed by atoms with E-state index in [0.717, 1.165) is 25.2 Å². The van der Waals surface area contributed by atoms with E-state index in [1.54, 1.807) is 0 Å². The number of hydrogen-bond donors (Lipinski definition) is 0. The van der Waals surface area contributed by atoms with Gasteiger partial charge in [-0.1, -0.05) is 54.4 Å². The van der Waals surface area contributed by atoms with Crippen molar-refractivity contribution in [2.24, 2.45) is 11.8 Å². The summed E-state index contributed by atoms with van der Waals surface area (Å²) in [6, 6.07) is 1.13. The molecule has 0 bridgehead atoms. The second-order valence-electron chi connectivity index (χ2n) is 6.38. The molecule has 0 aliphatic heterocycles. The first kappa shape index (κ1) is 19.1. The van der Waals surface area contributed by atoms with Crippen LogP contribution in [0.3, 0.4) is 0 Å². The highest BCUT2D eigenvalue weighted by atomic mass is 28.4. The first-order valence-electron chi connectivity index (χ1n) is 8.09. The molecule has 2 nitrogen and oxygen atoms in total. The minimum absolute atomic E-state index is 0.140. The molecule has 0 N–H and O–H groups in total. The van der Waals surface area contributed by atoms with Gasteiger partial charge in [-0.3, -0.25) is 0 Å². The molecule has 0 amide bonds. The molecule has 0 saturated carbocycles. The smallest absolute Gasteiger partial charge is 0.344 e. The third kappa shape index (κ3) is 4.57. The monoisotopic (exact) mass is 288 g/mol. The SMILES string of the molecule is CCO[Si](CC(CC)CC)(OCC)C(C)(C)C(C)C. The van der Waals surface area contributed by atoms with E-state index in [4.69, 9.17) is 8.85 Å². The Morgan fingerprint density at radius 2 is 1.32 bits per heavy atom. The van der Waals surface area contributed by atoms with Crippen molar-refractivity contribution in [3.8, 4) is 0 Å². The van der Waals surface area contributed by atoms with E-state index < -0.39 is 8.56 Å². The van der Waals surface area contributed by atoms with Crippen molar-refractivity contribution in [2.45, 2.75) is 79.3 Å². The maximum Gasteiger partial charge on any atom is 0.344 e. The summed E-state index contributed by atoms with van der Waals surface area (Å²) in [6.07, 6.45) is 2.44. The minimum atomic E-state index is -2.19. The molecule has 0 atom stereocenters. The van der Waals surface area contributed by atoms with E-state index in [9.17, 15) is 0 Å². The first-order chi connectivity index (χ1) is 8.81. The summed E-state index contributed by atoms with van der Waals surface area (Å²) >= 11 is 0. The van der Waals surface area contributed by atoms with Crippen LogP contribution in [0.1, 0.15) is 68.2 Å². The Kier molecular flexibility index (Phi) is 8.49. The van der Waals surface area contributed by atoms with Crippen LogP contribution in [0.5, 0.6) is 0 Å². The van der Waals surface area contributed by atoms with Crippen LogP contribution in [-0.4, -0.2) is 21.8 Å². The van der Waals surface area contributed by atoms with Crippen LogP contribution in [0.15, 0.2) is 0 Å². The molecule has 116 valence electrons. The lowest BCUT2D eigenvalue weighted by Gasteiger charge is -2.46. The molecular weight excluding hydrogens is 252 g/mol. The molecule has 0 spiro atoms. The molecule has 0 aliphatic carbocycles. The van der Waals surface area contributed by atoms with Crippen LogP contribution >= 0.6 is 0 Å². The summed E-state index contributed by atoms with van der Waals surface area (Å²) < 4.78 is 12.7. The van der Waals surface area contributed by atoms with Crippen molar-refractivity contribution in [1.29, 1.82) is 0 Å². The van der Waals surface area contributed by atoms with Gasteiger partial charge < -0.3 is 8.85 Å². The lowest BCUT2D eigenvalue weighted by Crippen LogP contribution is -2.54. The van der Waals surface area contributed by atoms with Crippen LogP contribution in [0, 0.1) is 11.8 Å². The summed E-state index contributed by atoms with van der Waals surface area (Å²) in [4.78, 5) is 0. The maximum atomic E-state index is 6.35. The zero-order chi connectivity index (χ0) is 15.1. The maximum absolute atomic E-state index is 6.35. The second kappa shape index (κ2) is 8.43. The number of rotatable bonds is 10. The standard InChI is InChI=1S/C16H36O2Si/c1-9-15(10-2)13-19(17-11-3,18-12-4)16(7,8)14(5)6/h14-15H,9-13H2,1-8H3. The Bertz CT molecular complexity index is 229. The largest absolute Gasteiger partial charge is 0.394 e. The highest BCUT2D eigenvalue weighted by molar-refractivity contribution is 6.70. The molecule has 0 heterocycles. The van der Waals surface area contributed by atoms with Gasteiger partial charge in [0.15, 0.2) is 0 Å². The molecule has 0 rings (SSSR count). The molecule has 0 aromatic heterocycles. The quantitative estimate of drug-likeness (QED) is 0.503. The van der Waals surface area contributed by atoms with Crippen molar-refractivity contribution < 1.29 is 8.85 Å². The van der Waals surface area contributed by atoms with Gasteiger partial charge in [0.2, 0.25) is 0 Å². The molecule has 0 saturated heterocycles. The van der Waals surface area contributed by atoms with Crippen molar-refractivity contribution in [3.63, 3.8) is 0 Å². The third-order valence-corrected chi connectivity index (χ3v) is 10.1. The lowest BCUT2D eigenvalue weighted by molar-refractivity contribution is 0.139. The van der Waals surface area contributed by atoms with E-state index in [1.807, 2.05) is 0 Å². The fourth-order valence-corrected chi connectivity index (χ4v) is 7.40. The van der Waals surface area contributed by atoms with Crippen LogP contribution < -0.4 is 0 Å². The molecule has 0 aromatic rings. The summed E-state index contributed by atoms with van der Waals surface area (Å²) in [5, 5.41) is 0.140. The second-order valence-corrected chi connectivity index (χ2v) is 10.2. The van der Waals surface area contributed by atoms with Crippen molar-refractivity contribution in [3.05, 3.63) is 0 Å². The topological polar surface area (TPSA) is 18.5 Å². The average Bonchev–Trinajstić information content (AvgIpc) is 2.35. The average molecular weight is 289 g/mol. The van der Waals surface area contributed by atoms with Crippen LogP contribution in [0.25, 0.3) is 0 Å². The Hall–Kier alpha value is 0.137. The van der Waals surface area contributed by atoms with E-state index in [0.29, 0.717) is 5.92 Å². The van der Waals surface area contributed by atoms with E-state index in [-0.39, 0.29) is 5.04 Å². The lowest BCUT2D eigenvalue weighted by atomic mass is 9.99. The molecular formula is C16H36O2Si. The van der Waals surface area contributed by atoms with Gasteiger partial charge in [-0.15, -0.1) is 0 Å². The van der Waals surface area contributed by atoms with Crippen LogP contribution in [0.2, 0.25) is 11.1 Å². The first-order valence-corrected chi connectivity index (χ1v) is 10.1. The van der Waals surface area contributed by atoms with E-state index >= 15 is 0 Å². The Labute approximate surface area is 122 Å². The van der Waals surface area contributed by atoms with E-state index in [1.165, 1.54) is 12.8 Å². The van der Waals surface area contributed by atoms with Gasteiger partial charge in [0, 0.05) is 18.3 Å². The molecule has 0 fully saturated rings. The fraction of sp³-hybridized carbons (Fsp3) is 1.00. The Balaban J connectivity index is 5.39. The third-order valence-electron chi connectivity index (χ3n) is 4.89. The molecule has 3 heteroatoms. The summed E-state index contributed by atoms with van der Waals surface area (Å²) in [5.74, 6) is 1.30. The van der Waals surface area contributed by atoms with Crippen LogP contribution in [0.4, 0.5) is 0 Å². The van der Waals surface area contributed by atoms with Crippen molar-refractivity contribution in [2.75, 3.05) is 13.2 Å². The molecule has 0 radical (unpaired) electrons. The minimum Gasteiger partial charge on any atom is -0.394 e. The van der Waals surface area contributed by atoms with Gasteiger partial charge in [-0.05, 0) is 31.7 Å². The zero-order valence-electron chi connectivity index (χ0n) is 14.5. The summed E-state index contributed by atoms with van der Waals surface area (Å²) in [6.45, 7) is 19.6. The molecule has 0 aromatic carbocycles. The predicted octanol–water partition coefficient (Wildman–Crippen LogP) is 5.37. The fourth-order valence-electron chi connectivity index (χ4n) is 2.66. The van der Waals surface area contributed by atoms with Crippen molar-refractivity contribution >= 4 is 8.56 Å². The van der Waals surface area contributed by atoms with Gasteiger partial charge in [0.05, 0.1) is 0 Å². The van der Waals surface area contributed by atoms with E-state index in [2.05, 4.69) is 55.4 Å². The summed E-state index contributed by atoms with van der Waals surface area (Å²) in [7, 11) is -2.19. The number of hydrogen-bond acceptors (Lipinski definition) is 2. The normalized spacial score (nSPS) is 13.6.